The monoisotopic (exact) mass is 330 g/mol. The van der Waals surface area contributed by atoms with Gasteiger partial charge in [0, 0.05) is 24.1 Å². The summed E-state index contributed by atoms with van der Waals surface area (Å²) in [6, 6.07) is 3.75. The van der Waals surface area contributed by atoms with Crippen molar-refractivity contribution in [2.45, 2.75) is 43.6 Å². The lowest BCUT2D eigenvalue weighted by atomic mass is 10.0. The van der Waals surface area contributed by atoms with Crippen molar-refractivity contribution in [3.05, 3.63) is 22.7 Å². The summed E-state index contributed by atoms with van der Waals surface area (Å²) in [7, 11) is 0. The standard InChI is InChI=1S/C16H20Cl2O3/c17-13(5-4-11-3-1-6-19-11)12-9-15-16(10-14(12)18)21-8-2-7-20-15/h9-11,13H,1-8H2. The molecule has 1 aromatic rings. The molecule has 1 fully saturated rings. The molecule has 2 aliphatic heterocycles. The van der Waals surface area contributed by atoms with Crippen molar-refractivity contribution < 1.29 is 14.2 Å². The van der Waals surface area contributed by atoms with Gasteiger partial charge in [-0.2, -0.15) is 0 Å². The van der Waals surface area contributed by atoms with E-state index in [9.17, 15) is 0 Å². The third-order valence-corrected chi connectivity index (χ3v) is 4.75. The molecule has 1 saturated heterocycles. The van der Waals surface area contributed by atoms with E-state index in [0.717, 1.165) is 50.0 Å². The molecule has 0 N–H and O–H groups in total. The second-order valence-corrected chi connectivity index (χ2v) is 6.48. The zero-order chi connectivity index (χ0) is 14.7. The second-order valence-electron chi connectivity index (χ2n) is 5.55. The molecule has 2 aliphatic rings. The number of alkyl halides is 1. The highest BCUT2D eigenvalue weighted by atomic mass is 35.5. The van der Waals surface area contributed by atoms with Crippen LogP contribution in [0.25, 0.3) is 0 Å². The molecule has 0 bridgehead atoms. The molecule has 116 valence electrons. The van der Waals surface area contributed by atoms with Crippen LogP contribution in [0.4, 0.5) is 0 Å². The fourth-order valence-corrected chi connectivity index (χ4v) is 3.45. The first-order chi connectivity index (χ1) is 10.2. The van der Waals surface area contributed by atoms with Crippen LogP contribution in [0.15, 0.2) is 12.1 Å². The maximum absolute atomic E-state index is 6.54. The Kier molecular flexibility index (Phi) is 5.15. The molecule has 1 aromatic carbocycles. The summed E-state index contributed by atoms with van der Waals surface area (Å²) < 4.78 is 17.0. The molecule has 0 saturated carbocycles. The van der Waals surface area contributed by atoms with Gasteiger partial charge in [-0.3, -0.25) is 0 Å². The van der Waals surface area contributed by atoms with E-state index < -0.39 is 0 Å². The van der Waals surface area contributed by atoms with E-state index in [2.05, 4.69) is 0 Å². The van der Waals surface area contributed by atoms with Crippen molar-refractivity contribution in [1.29, 1.82) is 0 Å². The van der Waals surface area contributed by atoms with Crippen LogP contribution in [-0.2, 0) is 4.74 Å². The molecular formula is C16H20Cl2O3. The van der Waals surface area contributed by atoms with Crippen LogP contribution in [0.1, 0.15) is 43.0 Å². The first-order valence-corrected chi connectivity index (χ1v) is 8.40. The summed E-state index contributed by atoms with van der Waals surface area (Å²) in [4.78, 5) is 0. The van der Waals surface area contributed by atoms with Gasteiger partial charge < -0.3 is 14.2 Å². The van der Waals surface area contributed by atoms with Gasteiger partial charge in [0.2, 0.25) is 0 Å². The van der Waals surface area contributed by atoms with E-state index in [1.165, 1.54) is 0 Å². The second kappa shape index (κ2) is 7.08. The minimum Gasteiger partial charge on any atom is -0.490 e. The van der Waals surface area contributed by atoms with Crippen molar-refractivity contribution in [2.75, 3.05) is 19.8 Å². The zero-order valence-corrected chi connectivity index (χ0v) is 13.5. The molecular weight excluding hydrogens is 311 g/mol. The molecule has 0 radical (unpaired) electrons. The van der Waals surface area contributed by atoms with Crippen molar-refractivity contribution in [3.63, 3.8) is 0 Å². The number of ether oxygens (including phenoxy) is 3. The molecule has 3 nitrogen and oxygen atoms in total. The van der Waals surface area contributed by atoms with Gasteiger partial charge in [-0.15, -0.1) is 11.6 Å². The van der Waals surface area contributed by atoms with E-state index >= 15 is 0 Å². The van der Waals surface area contributed by atoms with Crippen molar-refractivity contribution >= 4 is 23.2 Å². The number of rotatable bonds is 4. The number of hydrogen-bond acceptors (Lipinski definition) is 3. The van der Waals surface area contributed by atoms with Crippen LogP contribution in [0.2, 0.25) is 5.02 Å². The van der Waals surface area contributed by atoms with Gasteiger partial charge in [-0.25, -0.2) is 0 Å². The highest BCUT2D eigenvalue weighted by Gasteiger charge is 2.21. The smallest absolute Gasteiger partial charge is 0.162 e. The molecule has 2 unspecified atom stereocenters. The Balaban J connectivity index is 1.69. The summed E-state index contributed by atoms with van der Waals surface area (Å²) in [5, 5.41) is 0.519. The Morgan fingerprint density at radius 3 is 2.57 bits per heavy atom. The molecule has 2 heterocycles. The fourth-order valence-electron chi connectivity index (χ4n) is 2.80. The van der Waals surface area contributed by atoms with E-state index in [-0.39, 0.29) is 5.38 Å². The highest BCUT2D eigenvalue weighted by Crippen LogP contribution is 2.40. The lowest BCUT2D eigenvalue weighted by Gasteiger charge is -2.17. The Bertz CT molecular complexity index is 487. The minimum absolute atomic E-state index is 0.126. The molecule has 0 aromatic heterocycles. The van der Waals surface area contributed by atoms with E-state index in [0.29, 0.717) is 30.1 Å². The predicted octanol–water partition coefficient (Wildman–Crippen LogP) is 4.74. The number of fused-ring (bicyclic) bond motifs is 1. The highest BCUT2D eigenvalue weighted by molar-refractivity contribution is 6.33. The summed E-state index contributed by atoms with van der Waals surface area (Å²) in [6.07, 6.45) is 5.35. The Morgan fingerprint density at radius 1 is 1.10 bits per heavy atom. The number of hydrogen-bond donors (Lipinski definition) is 0. The molecule has 0 aliphatic carbocycles. The average Bonchev–Trinajstić information content (AvgIpc) is 2.89. The molecule has 21 heavy (non-hydrogen) atoms. The molecule has 3 rings (SSSR count). The van der Waals surface area contributed by atoms with Gasteiger partial charge in [0.25, 0.3) is 0 Å². The van der Waals surface area contributed by atoms with Crippen LogP contribution < -0.4 is 9.47 Å². The third-order valence-electron chi connectivity index (χ3n) is 3.97. The summed E-state index contributed by atoms with van der Waals surface area (Å²) in [5.74, 6) is 1.46. The molecule has 0 amide bonds. The molecule has 0 spiro atoms. The van der Waals surface area contributed by atoms with Gasteiger partial charge in [0.15, 0.2) is 11.5 Å². The van der Waals surface area contributed by atoms with E-state index in [1.54, 1.807) is 0 Å². The molecule has 2 atom stereocenters. The predicted molar refractivity (Wildman–Crippen MR) is 83.9 cm³/mol. The SMILES string of the molecule is Clc1cc2c(cc1C(Cl)CCC1CCCO1)OCCCO2. The maximum atomic E-state index is 6.54. The lowest BCUT2D eigenvalue weighted by molar-refractivity contribution is 0.102. The fraction of sp³-hybridized carbons (Fsp3) is 0.625. The normalized spacial score (nSPS) is 22.9. The van der Waals surface area contributed by atoms with Crippen molar-refractivity contribution in [3.8, 4) is 11.5 Å². The first kappa shape index (κ1) is 15.3. The lowest BCUT2D eigenvalue weighted by Crippen LogP contribution is -2.06. The molecule has 5 heteroatoms. The van der Waals surface area contributed by atoms with E-state index in [1.807, 2.05) is 12.1 Å². The van der Waals surface area contributed by atoms with Gasteiger partial charge in [0.1, 0.15) is 0 Å². The summed E-state index contributed by atoms with van der Waals surface area (Å²) >= 11 is 12.9. The first-order valence-electron chi connectivity index (χ1n) is 7.59. The van der Waals surface area contributed by atoms with Crippen LogP contribution >= 0.6 is 23.2 Å². The maximum Gasteiger partial charge on any atom is 0.162 e. The largest absolute Gasteiger partial charge is 0.490 e. The minimum atomic E-state index is -0.126. The van der Waals surface area contributed by atoms with Gasteiger partial charge >= 0.3 is 0 Å². The number of benzene rings is 1. The summed E-state index contributed by atoms with van der Waals surface area (Å²) in [5.41, 5.74) is 0.917. The average molecular weight is 331 g/mol. The van der Waals surface area contributed by atoms with Crippen molar-refractivity contribution in [1.82, 2.24) is 0 Å². The van der Waals surface area contributed by atoms with Crippen LogP contribution in [-0.4, -0.2) is 25.9 Å². The third kappa shape index (κ3) is 3.77. The van der Waals surface area contributed by atoms with Crippen LogP contribution in [0, 0.1) is 0 Å². The van der Waals surface area contributed by atoms with E-state index in [4.69, 9.17) is 37.4 Å². The van der Waals surface area contributed by atoms with Crippen LogP contribution in [0.5, 0.6) is 11.5 Å². The Labute approximate surface area is 135 Å². The zero-order valence-electron chi connectivity index (χ0n) is 11.9. The van der Waals surface area contributed by atoms with Gasteiger partial charge in [-0.1, -0.05) is 11.6 Å². The summed E-state index contributed by atoms with van der Waals surface area (Å²) in [6.45, 7) is 2.20. The van der Waals surface area contributed by atoms with Gasteiger partial charge in [0.05, 0.1) is 24.7 Å². The topological polar surface area (TPSA) is 27.7 Å². The number of halogens is 2. The Hall–Kier alpha value is -0.640. The quantitative estimate of drug-likeness (QED) is 0.746. The van der Waals surface area contributed by atoms with Gasteiger partial charge in [-0.05, 0) is 37.3 Å². The Morgan fingerprint density at radius 2 is 1.86 bits per heavy atom. The van der Waals surface area contributed by atoms with Crippen molar-refractivity contribution in [2.24, 2.45) is 0 Å². The van der Waals surface area contributed by atoms with Crippen LogP contribution in [0.3, 0.4) is 0 Å².